The molecule has 0 N–H and O–H groups in total. The standard InChI is InChI=1S/C13H18FNO2/c1-4-17-13(16)10(2)15(3)9-11-7-5-6-8-12(11)14/h5-8,10H,4,9H2,1-3H3. The zero-order valence-corrected chi connectivity index (χ0v) is 10.4. The summed E-state index contributed by atoms with van der Waals surface area (Å²) in [5.41, 5.74) is 0.575. The van der Waals surface area contributed by atoms with Crippen molar-refractivity contribution < 1.29 is 13.9 Å². The molecule has 0 amide bonds. The second-order valence-electron chi connectivity index (χ2n) is 3.93. The van der Waals surface area contributed by atoms with E-state index in [2.05, 4.69) is 0 Å². The molecule has 0 heterocycles. The second kappa shape index (κ2) is 6.35. The minimum Gasteiger partial charge on any atom is -0.465 e. The van der Waals surface area contributed by atoms with Crippen LogP contribution >= 0.6 is 0 Å². The Balaban J connectivity index is 2.63. The number of rotatable bonds is 5. The molecule has 0 spiro atoms. The highest BCUT2D eigenvalue weighted by molar-refractivity contribution is 5.75. The Hall–Kier alpha value is -1.42. The van der Waals surface area contributed by atoms with Gasteiger partial charge in [-0.3, -0.25) is 9.69 Å². The molecule has 0 aliphatic heterocycles. The number of ether oxygens (including phenoxy) is 1. The van der Waals surface area contributed by atoms with Crippen LogP contribution in [0.25, 0.3) is 0 Å². The van der Waals surface area contributed by atoms with Crippen LogP contribution in [0.15, 0.2) is 24.3 Å². The molecule has 17 heavy (non-hydrogen) atoms. The molecule has 1 unspecified atom stereocenters. The maximum absolute atomic E-state index is 13.4. The predicted molar refractivity (Wildman–Crippen MR) is 64.0 cm³/mol. The summed E-state index contributed by atoms with van der Waals surface area (Å²) in [4.78, 5) is 13.3. The van der Waals surface area contributed by atoms with Gasteiger partial charge in [-0.25, -0.2) is 4.39 Å². The number of esters is 1. The summed E-state index contributed by atoms with van der Waals surface area (Å²) >= 11 is 0. The van der Waals surface area contributed by atoms with Gasteiger partial charge in [0.05, 0.1) is 6.61 Å². The number of carbonyl (C=O) groups excluding carboxylic acids is 1. The highest BCUT2D eigenvalue weighted by Crippen LogP contribution is 2.11. The van der Waals surface area contributed by atoms with Gasteiger partial charge >= 0.3 is 5.97 Å². The van der Waals surface area contributed by atoms with Crippen molar-refractivity contribution in [2.45, 2.75) is 26.4 Å². The Kier molecular flexibility index (Phi) is 5.10. The van der Waals surface area contributed by atoms with Gasteiger partial charge in [-0.15, -0.1) is 0 Å². The normalized spacial score (nSPS) is 12.5. The van der Waals surface area contributed by atoms with E-state index in [-0.39, 0.29) is 17.8 Å². The maximum Gasteiger partial charge on any atom is 0.323 e. The topological polar surface area (TPSA) is 29.5 Å². The van der Waals surface area contributed by atoms with Crippen LogP contribution in [-0.2, 0) is 16.1 Å². The van der Waals surface area contributed by atoms with Gasteiger partial charge in [0.2, 0.25) is 0 Å². The molecule has 0 bridgehead atoms. The first kappa shape index (κ1) is 13.6. The van der Waals surface area contributed by atoms with E-state index in [0.717, 1.165) is 0 Å². The number of carbonyl (C=O) groups is 1. The fraction of sp³-hybridized carbons (Fsp3) is 0.462. The Labute approximate surface area is 101 Å². The Morgan fingerprint density at radius 3 is 2.71 bits per heavy atom. The van der Waals surface area contributed by atoms with Crippen LogP contribution in [0, 0.1) is 5.82 Å². The largest absolute Gasteiger partial charge is 0.465 e. The SMILES string of the molecule is CCOC(=O)C(C)N(C)Cc1ccccc1F. The van der Waals surface area contributed by atoms with Crippen LogP contribution in [0.3, 0.4) is 0 Å². The first-order chi connectivity index (χ1) is 8.06. The summed E-state index contributed by atoms with van der Waals surface area (Å²) in [7, 11) is 1.77. The van der Waals surface area contributed by atoms with Crippen molar-refractivity contribution in [1.82, 2.24) is 4.90 Å². The molecule has 0 radical (unpaired) electrons. The summed E-state index contributed by atoms with van der Waals surface area (Å²) in [5.74, 6) is -0.540. The molecule has 0 saturated heterocycles. The molecule has 1 aromatic rings. The molecule has 1 atom stereocenters. The number of likely N-dealkylation sites (N-methyl/N-ethyl adjacent to an activating group) is 1. The molecule has 0 aliphatic carbocycles. The minimum absolute atomic E-state index is 0.254. The van der Waals surface area contributed by atoms with E-state index in [1.165, 1.54) is 6.07 Å². The molecule has 94 valence electrons. The lowest BCUT2D eigenvalue weighted by Crippen LogP contribution is -2.36. The van der Waals surface area contributed by atoms with Gasteiger partial charge in [0.25, 0.3) is 0 Å². The van der Waals surface area contributed by atoms with Crippen molar-refractivity contribution in [3.8, 4) is 0 Å². The molecule has 0 fully saturated rings. The fourth-order valence-corrected chi connectivity index (χ4v) is 1.48. The molecule has 3 nitrogen and oxygen atoms in total. The van der Waals surface area contributed by atoms with Gasteiger partial charge in [-0.1, -0.05) is 18.2 Å². The smallest absolute Gasteiger partial charge is 0.323 e. The zero-order chi connectivity index (χ0) is 12.8. The summed E-state index contributed by atoms with van der Waals surface area (Å²) in [6.07, 6.45) is 0. The van der Waals surface area contributed by atoms with Crippen LogP contribution in [0.4, 0.5) is 4.39 Å². The molecule has 0 aromatic heterocycles. The first-order valence-corrected chi connectivity index (χ1v) is 5.66. The third-order valence-electron chi connectivity index (χ3n) is 2.67. The summed E-state index contributed by atoms with van der Waals surface area (Å²) < 4.78 is 18.3. The lowest BCUT2D eigenvalue weighted by molar-refractivity contribution is -0.148. The average molecular weight is 239 g/mol. The fourth-order valence-electron chi connectivity index (χ4n) is 1.48. The number of hydrogen-bond donors (Lipinski definition) is 0. The number of nitrogens with zero attached hydrogens (tertiary/aromatic N) is 1. The van der Waals surface area contributed by atoms with Crippen LogP contribution in [0.1, 0.15) is 19.4 Å². The van der Waals surface area contributed by atoms with Gasteiger partial charge in [-0.05, 0) is 27.0 Å². The van der Waals surface area contributed by atoms with E-state index in [1.54, 1.807) is 44.0 Å². The quantitative estimate of drug-likeness (QED) is 0.738. The van der Waals surface area contributed by atoms with E-state index in [1.807, 2.05) is 0 Å². The van der Waals surface area contributed by atoms with Crippen molar-refractivity contribution in [3.05, 3.63) is 35.6 Å². The average Bonchev–Trinajstić information content (AvgIpc) is 2.31. The van der Waals surface area contributed by atoms with Crippen molar-refractivity contribution in [3.63, 3.8) is 0 Å². The molecule has 0 aliphatic rings. The molecular weight excluding hydrogens is 221 g/mol. The third kappa shape index (κ3) is 3.82. The van der Waals surface area contributed by atoms with Crippen LogP contribution in [0.5, 0.6) is 0 Å². The lowest BCUT2D eigenvalue weighted by Gasteiger charge is -2.23. The van der Waals surface area contributed by atoms with Crippen LogP contribution < -0.4 is 0 Å². The van der Waals surface area contributed by atoms with E-state index in [9.17, 15) is 9.18 Å². The van der Waals surface area contributed by atoms with E-state index >= 15 is 0 Å². The summed E-state index contributed by atoms with van der Waals surface area (Å²) in [6.45, 7) is 4.25. The van der Waals surface area contributed by atoms with Gasteiger partial charge in [-0.2, -0.15) is 0 Å². The second-order valence-corrected chi connectivity index (χ2v) is 3.93. The van der Waals surface area contributed by atoms with Crippen molar-refractivity contribution in [1.29, 1.82) is 0 Å². The van der Waals surface area contributed by atoms with E-state index in [0.29, 0.717) is 18.7 Å². The lowest BCUT2D eigenvalue weighted by atomic mass is 10.2. The predicted octanol–water partition coefficient (Wildman–Crippen LogP) is 2.21. The highest BCUT2D eigenvalue weighted by atomic mass is 19.1. The minimum atomic E-state index is -0.380. The number of hydrogen-bond acceptors (Lipinski definition) is 3. The Bertz CT molecular complexity index is 381. The number of halogens is 1. The highest BCUT2D eigenvalue weighted by Gasteiger charge is 2.19. The van der Waals surface area contributed by atoms with Gasteiger partial charge in [0, 0.05) is 12.1 Å². The van der Waals surface area contributed by atoms with Gasteiger partial charge in [0.1, 0.15) is 11.9 Å². The molecule has 1 rings (SSSR count). The molecule has 1 aromatic carbocycles. The third-order valence-corrected chi connectivity index (χ3v) is 2.67. The van der Waals surface area contributed by atoms with Crippen LogP contribution in [-0.4, -0.2) is 30.6 Å². The van der Waals surface area contributed by atoms with E-state index in [4.69, 9.17) is 4.74 Å². The Morgan fingerprint density at radius 2 is 2.12 bits per heavy atom. The Morgan fingerprint density at radius 1 is 1.47 bits per heavy atom. The zero-order valence-electron chi connectivity index (χ0n) is 10.4. The summed E-state index contributed by atoms with van der Waals surface area (Å²) in [5, 5.41) is 0. The van der Waals surface area contributed by atoms with Gasteiger partial charge in [0.15, 0.2) is 0 Å². The first-order valence-electron chi connectivity index (χ1n) is 5.66. The molecule has 4 heteroatoms. The van der Waals surface area contributed by atoms with Gasteiger partial charge < -0.3 is 4.74 Å². The maximum atomic E-state index is 13.4. The van der Waals surface area contributed by atoms with Crippen LogP contribution in [0.2, 0.25) is 0 Å². The van der Waals surface area contributed by atoms with Crippen molar-refractivity contribution in [2.75, 3.05) is 13.7 Å². The van der Waals surface area contributed by atoms with Crippen molar-refractivity contribution >= 4 is 5.97 Å². The van der Waals surface area contributed by atoms with E-state index < -0.39 is 0 Å². The summed E-state index contributed by atoms with van der Waals surface area (Å²) in [6, 6.07) is 6.17. The molecular formula is C13H18FNO2. The number of benzene rings is 1. The monoisotopic (exact) mass is 239 g/mol. The van der Waals surface area contributed by atoms with Crippen molar-refractivity contribution in [2.24, 2.45) is 0 Å². The molecule has 0 saturated carbocycles.